The largest absolute Gasteiger partial charge is 0.117 e. The third-order valence-corrected chi connectivity index (χ3v) is 2.22. The molecule has 0 unspecified atom stereocenters. The van der Waals surface area contributed by atoms with Crippen LogP contribution in [0.1, 0.15) is 47.5 Å². The standard InChI is InChI=1S/C11H25B/c1-10(2,3)9-11(4,5)7-8-12-6/h12H,7-9H2,1-6H3. The second-order valence-electron chi connectivity index (χ2n) is 6.01. The van der Waals surface area contributed by atoms with E-state index in [1.165, 1.54) is 26.4 Å². The lowest BCUT2D eigenvalue weighted by atomic mass is 9.67. The molecule has 1 heteroatoms. The van der Waals surface area contributed by atoms with E-state index < -0.39 is 0 Å². The van der Waals surface area contributed by atoms with Crippen molar-refractivity contribution < 1.29 is 0 Å². The monoisotopic (exact) mass is 168 g/mol. The predicted molar refractivity (Wildman–Crippen MR) is 60.3 cm³/mol. The van der Waals surface area contributed by atoms with E-state index >= 15 is 0 Å². The molecule has 0 aliphatic rings. The maximum atomic E-state index is 2.40. The molecule has 0 heterocycles. The van der Waals surface area contributed by atoms with E-state index in [0.717, 1.165) is 0 Å². The van der Waals surface area contributed by atoms with E-state index in [2.05, 4.69) is 41.4 Å². The summed E-state index contributed by atoms with van der Waals surface area (Å²) in [5.41, 5.74) is 1.02. The molecule has 72 valence electrons. The Balaban J connectivity index is 3.86. The van der Waals surface area contributed by atoms with Crippen molar-refractivity contribution in [2.75, 3.05) is 0 Å². The molecule has 0 radical (unpaired) electrons. The molecule has 0 aromatic heterocycles. The number of hydrogen-bond acceptors (Lipinski definition) is 0. The van der Waals surface area contributed by atoms with Gasteiger partial charge in [-0.1, -0.05) is 54.2 Å². The van der Waals surface area contributed by atoms with Gasteiger partial charge in [0.15, 0.2) is 0 Å². The topological polar surface area (TPSA) is 0 Å². The molecule has 0 spiro atoms. The summed E-state index contributed by atoms with van der Waals surface area (Å²) in [4.78, 5) is 0. The Morgan fingerprint density at radius 3 is 1.83 bits per heavy atom. The molecular formula is C11H25B. The second kappa shape index (κ2) is 4.34. The highest BCUT2D eigenvalue weighted by Crippen LogP contribution is 2.36. The summed E-state index contributed by atoms with van der Waals surface area (Å²) in [6, 6.07) is 0. The van der Waals surface area contributed by atoms with Crippen LogP contribution in [0.15, 0.2) is 0 Å². The number of rotatable bonds is 4. The SMILES string of the molecule is CBCCC(C)(C)CC(C)(C)C. The first-order chi connectivity index (χ1) is 5.27. The van der Waals surface area contributed by atoms with Gasteiger partial charge in [-0.3, -0.25) is 0 Å². The van der Waals surface area contributed by atoms with Gasteiger partial charge in [0.05, 0.1) is 0 Å². The van der Waals surface area contributed by atoms with Gasteiger partial charge in [-0.2, -0.15) is 0 Å². The molecule has 0 nitrogen and oxygen atoms in total. The summed E-state index contributed by atoms with van der Waals surface area (Å²) in [6.45, 7) is 14.1. The van der Waals surface area contributed by atoms with Gasteiger partial charge in [0.1, 0.15) is 7.28 Å². The van der Waals surface area contributed by atoms with Crippen LogP contribution in [0.25, 0.3) is 0 Å². The van der Waals surface area contributed by atoms with Gasteiger partial charge in [0, 0.05) is 0 Å². The first kappa shape index (κ1) is 12.1. The Bertz CT molecular complexity index is 119. The van der Waals surface area contributed by atoms with Crippen molar-refractivity contribution >= 4 is 7.28 Å². The Kier molecular flexibility index (Phi) is 4.37. The molecule has 0 saturated heterocycles. The third-order valence-electron chi connectivity index (χ3n) is 2.22. The smallest absolute Gasteiger partial charge is 0.0893 e. The van der Waals surface area contributed by atoms with Gasteiger partial charge < -0.3 is 0 Å². The van der Waals surface area contributed by atoms with Gasteiger partial charge in [-0.25, -0.2) is 0 Å². The number of hydrogen-bond donors (Lipinski definition) is 0. The molecule has 0 amide bonds. The molecule has 0 atom stereocenters. The molecule has 0 saturated carbocycles. The third kappa shape index (κ3) is 6.76. The van der Waals surface area contributed by atoms with Gasteiger partial charge in [0.25, 0.3) is 0 Å². The Morgan fingerprint density at radius 1 is 1.00 bits per heavy atom. The quantitative estimate of drug-likeness (QED) is 0.561. The Labute approximate surface area is 79.4 Å². The molecule has 0 bridgehead atoms. The van der Waals surface area contributed by atoms with Crippen molar-refractivity contribution in [3.05, 3.63) is 0 Å². The van der Waals surface area contributed by atoms with Gasteiger partial charge in [0.2, 0.25) is 0 Å². The van der Waals surface area contributed by atoms with Crippen molar-refractivity contribution in [2.24, 2.45) is 10.8 Å². The average molecular weight is 168 g/mol. The molecule has 0 aromatic rings. The van der Waals surface area contributed by atoms with Crippen molar-refractivity contribution in [3.8, 4) is 0 Å². The highest BCUT2D eigenvalue weighted by molar-refractivity contribution is 6.33. The van der Waals surface area contributed by atoms with Gasteiger partial charge in [-0.05, 0) is 17.3 Å². The van der Waals surface area contributed by atoms with Crippen LogP contribution in [0.2, 0.25) is 13.1 Å². The maximum Gasteiger partial charge on any atom is 0.117 e. The van der Waals surface area contributed by atoms with E-state index in [1.54, 1.807) is 0 Å². The molecule has 0 aromatic carbocycles. The zero-order chi connectivity index (χ0) is 9.83. The summed E-state index contributed by atoms with van der Waals surface area (Å²) in [6.07, 6.45) is 4.09. The molecule has 12 heavy (non-hydrogen) atoms. The highest BCUT2D eigenvalue weighted by atomic mass is 14.3. The zero-order valence-electron chi connectivity index (χ0n) is 9.83. The van der Waals surface area contributed by atoms with Crippen molar-refractivity contribution in [1.29, 1.82) is 0 Å². The molecular weight excluding hydrogens is 143 g/mol. The lowest BCUT2D eigenvalue weighted by Gasteiger charge is -2.32. The van der Waals surface area contributed by atoms with Crippen LogP contribution in [-0.2, 0) is 0 Å². The molecule has 0 rings (SSSR count). The summed E-state index contributed by atoms with van der Waals surface area (Å²) in [7, 11) is 1.33. The van der Waals surface area contributed by atoms with Crippen molar-refractivity contribution in [2.45, 2.75) is 60.6 Å². The first-order valence-corrected chi connectivity index (χ1v) is 5.27. The minimum Gasteiger partial charge on any atom is -0.0893 e. The summed E-state index contributed by atoms with van der Waals surface area (Å²) in [5.74, 6) is 0. The van der Waals surface area contributed by atoms with Crippen LogP contribution in [0, 0.1) is 10.8 Å². The van der Waals surface area contributed by atoms with Gasteiger partial charge >= 0.3 is 0 Å². The lowest BCUT2D eigenvalue weighted by molar-refractivity contribution is 0.206. The van der Waals surface area contributed by atoms with Gasteiger partial charge in [-0.15, -0.1) is 0 Å². The van der Waals surface area contributed by atoms with E-state index in [4.69, 9.17) is 0 Å². The van der Waals surface area contributed by atoms with Crippen LogP contribution in [0.4, 0.5) is 0 Å². The predicted octanol–water partition coefficient (Wildman–Crippen LogP) is 3.74. The summed E-state index contributed by atoms with van der Waals surface area (Å²) < 4.78 is 0. The first-order valence-electron chi connectivity index (χ1n) is 5.27. The normalized spacial score (nSPS) is 13.2. The van der Waals surface area contributed by atoms with E-state index in [9.17, 15) is 0 Å². The summed E-state index contributed by atoms with van der Waals surface area (Å²) in [5, 5.41) is 0. The molecule has 0 aliphatic carbocycles. The fourth-order valence-corrected chi connectivity index (χ4v) is 2.18. The molecule has 0 aliphatic heterocycles. The van der Waals surface area contributed by atoms with E-state index in [1.807, 2.05) is 0 Å². The van der Waals surface area contributed by atoms with Crippen LogP contribution < -0.4 is 0 Å². The average Bonchev–Trinajstić information content (AvgIpc) is 1.78. The lowest BCUT2D eigenvalue weighted by Crippen LogP contribution is -2.20. The minimum absolute atomic E-state index is 0.483. The fourth-order valence-electron chi connectivity index (χ4n) is 2.18. The van der Waals surface area contributed by atoms with Crippen LogP contribution in [-0.4, -0.2) is 7.28 Å². The summed E-state index contributed by atoms with van der Waals surface area (Å²) >= 11 is 0. The maximum absolute atomic E-state index is 2.40. The Morgan fingerprint density at radius 2 is 1.50 bits per heavy atom. The van der Waals surface area contributed by atoms with E-state index in [0.29, 0.717) is 10.8 Å². The van der Waals surface area contributed by atoms with E-state index in [-0.39, 0.29) is 0 Å². The van der Waals surface area contributed by atoms with Crippen LogP contribution in [0.3, 0.4) is 0 Å². The highest BCUT2D eigenvalue weighted by Gasteiger charge is 2.24. The van der Waals surface area contributed by atoms with Crippen LogP contribution in [0.5, 0.6) is 0 Å². The van der Waals surface area contributed by atoms with Crippen molar-refractivity contribution in [1.82, 2.24) is 0 Å². The van der Waals surface area contributed by atoms with Crippen LogP contribution >= 0.6 is 0 Å². The second-order valence-corrected chi connectivity index (χ2v) is 6.01. The zero-order valence-corrected chi connectivity index (χ0v) is 9.83. The van der Waals surface area contributed by atoms with Crippen molar-refractivity contribution in [3.63, 3.8) is 0 Å². The Hall–Kier alpha value is 0.0649. The molecule has 0 N–H and O–H groups in total. The minimum atomic E-state index is 0.483. The fraction of sp³-hybridized carbons (Fsp3) is 1.00. The molecule has 0 fully saturated rings.